The summed E-state index contributed by atoms with van der Waals surface area (Å²) in [5, 5.41) is 2.14. The Morgan fingerprint density at radius 1 is 1.42 bits per heavy atom. The fourth-order valence-electron chi connectivity index (χ4n) is 3.10. The maximum absolute atomic E-state index is 11.5. The van der Waals surface area contributed by atoms with E-state index in [0.29, 0.717) is 6.04 Å². The number of hydrogen-bond acceptors (Lipinski definition) is 3. The molecule has 0 aliphatic heterocycles. The molecule has 0 N–H and O–H groups in total. The standard InChI is InChI=1S/C16H25NOS/c1-14(11-15-7-6-10-19-15)17(2)12-16(13-18)8-4-3-5-9-16/h6-7,10,13-14H,3-5,8-9,11-12H2,1-2H3. The molecule has 1 aliphatic carbocycles. The molecule has 0 aromatic carbocycles. The number of rotatable bonds is 6. The third-order valence-corrected chi connectivity index (χ3v) is 5.39. The summed E-state index contributed by atoms with van der Waals surface area (Å²) >= 11 is 1.82. The van der Waals surface area contributed by atoms with Crippen molar-refractivity contribution < 1.29 is 4.79 Å². The number of thiophene rings is 1. The fraction of sp³-hybridized carbons (Fsp3) is 0.688. The van der Waals surface area contributed by atoms with Crippen molar-refractivity contribution in [3.63, 3.8) is 0 Å². The zero-order valence-corrected chi connectivity index (χ0v) is 12.9. The van der Waals surface area contributed by atoms with Gasteiger partial charge in [0.15, 0.2) is 0 Å². The van der Waals surface area contributed by atoms with E-state index in [-0.39, 0.29) is 5.41 Å². The third kappa shape index (κ3) is 3.90. The minimum absolute atomic E-state index is 0.0727. The number of carbonyl (C=O) groups excluding carboxylic acids is 1. The van der Waals surface area contributed by atoms with E-state index in [4.69, 9.17) is 0 Å². The molecule has 2 rings (SSSR count). The van der Waals surface area contributed by atoms with Crippen molar-refractivity contribution >= 4 is 17.6 Å². The van der Waals surface area contributed by atoms with E-state index < -0.39 is 0 Å². The van der Waals surface area contributed by atoms with Crippen LogP contribution in [0.5, 0.6) is 0 Å². The van der Waals surface area contributed by atoms with Crippen LogP contribution in [0.4, 0.5) is 0 Å². The molecule has 1 aliphatic rings. The van der Waals surface area contributed by atoms with Gasteiger partial charge in [-0.3, -0.25) is 0 Å². The van der Waals surface area contributed by atoms with Crippen LogP contribution in [0.25, 0.3) is 0 Å². The molecule has 0 amide bonds. The van der Waals surface area contributed by atoms with Crippen LogP contribution in [0, 0.1) is 5.41 Å². The van der Waals surface area contributed by atoms with Gasteiger partial charge in [-0.1, -0.05) is 25.3 Å². The lowest BCUT2D eigenvalue weighted by molar-refractivity contribution is -0.119. The third-order valence-electron chi connectivity index (χ3n) is 4.49. The van der Waals surface area contributed by atoms with Crippen molar-refractivity contribution in [2.45, 2.75) is 51.5 Å². The van der Waals surface area contributed by atoms with Crippen molar-refractivity contribution in [1.29, 1.82) is 0 Å². The van der Waals surface area contributed by atoms with Gasteiger partial charge >= 0.3 is 0 Å². The zero-order valence-electron chi connectivity index (χ0n) is 12.1. The van der Waals surface area contributed by atoms with Crippen molar-refractivity contribution in [3.8, 4) is 0 Å². The van der Waals surface area contributed by atoms with Gasteiger partial charge in [-0.25, -0.2) is 0 Å². The van der Waals surface area contributed by atoms with Gasteiger partial charge in [0.1, 0.15) is 6.29 Å². The highest BCUT2D eigenvalue weighted by molar-refractivity contribution is 7.09. The van der Waals surface area contributed by atoms with Crippen LogP contribution in [-0.4, -0.2) is 30.8 Å². The van der Waals surface area contributed by atoms with Gasteiger partial charge in [0, 0.05) is 22.9 Å². The Balaban J connectivity index is 1.91. The van der Waals surface area contributed by atoms with Crippen LogP contribution < -0.4 is 0 Å². The second-order valence-corrected chi connectivity index (χ2v) is 7.12. The van der Waals surface area contributed by atoms with Gasteiger partial charge in [-0.05, 0) is 44.7 Å². The van der Waals surface area contributed by atoms with E-state index in [9.17, 15) is 4.79 Å². The summed E-state index contributed by atoms with van der Waals surface area (Å²) in [5.41, 5.74) is -0.0727. The quantitative estimate of drug-likeness (QED) is 0.739. The summed E-state index contributed by atoms with van der Waals surface area (Å²) in [7, 11) is 2.16. The molecule has 0 spiro atoms. The number of hydrogen-bond donors (Lipinski definition) is 0. The molecule has 1 saturated carbocycles. The Labute approximate surface area is 120 Å². The average molecular weight is 279 g/mol. The van der Waals surface area contributed by atoms with Crippen LogP contribution >= 0.6 is 11.3 Å². The maximum atomic E-state index is 11.5. The zero-order chi connectivity index (χ0) is 13.7. The number of aldehydes is 1. The molecule has 0 saturated heterocycles. The van der Waals surface area contributed by atoms with Gasteiger partial charge in [-0.15, -0.1) is 11.3 Å². The van der Waals surface area contributed by atoms with Gasteiger partial charge < -0.3 is 9.69 Å². The number of nitrogens with zero attached hydrogens (tertiary/aromatic N) is 1. The molecule has 0 radical (unpaired) electrons. The monoisotopic (exact) mass is 279 g/mol. The molecule has 1 fully saturated rings. The fourth-order valence-corrected chi connectivity index (χ4v) is 3.92. The lowest BCUT2D eigenvalue weighted by Crippen LogP contribution is -2.42. The minimum atomic E-state index is -0.0727. The molecular formula is C16H25NOS. The summed E-state index contributed by atoms with van der Waals surface area (Å²) in [6.45, 7) is 3.18. The van der Waals surface area contributed by atoms with E-state index in [1.165, 1.54) is 30.4 Å². The summed E-state index contributed by atoms with van der Waals surface area (Å²) in [6, 6.07) is 4.81. The summed E-state index contributed by atoms with van der Waals surface area (Å²) in [6.07, 6.45) is 8.20. The smallest absolute Gasteiger partial charge is 0.127 e. The van der Waals surface area contributed by atoms with Crippen LogP contribution in [0.1, 0.15) is 43.9 Å². The maximum Gasteiger partial charge on any atom is 0.127 e. The van der Waals surface area contributed by atoms with Crippen molar-refractivity contribution in [3.05, 3.63) is 22.4 Å². The first-order chi connectivity index (χ1) is 9.15. The SMILES string of the molecule is CC(Cc1cccs1)N(C)CC1(C=O)CCCCC1. The molecule has 1 unspecified atom stereocenters. The Morgan fingerprint density at radius 2 is 2.16 bits per heavy atom. The summed E-state index contributed by atoms with van der Waals surface area (Å²) in [4.78, 5) is 15.3. The summed E-state index contributed by atoms with van der Waals surface area (Å²) in [5.74, 6) is 0. The topological polar surface area (TPSA) is 20.3 Å². The first kappa shape index (κ1) is 14.7. The molecule has 2 nitrogen and oxygen atoms in total. The van der Waals surface area contributed by atoms with Crippen LogP contribution in [-0.2, 0) is 11.2 Å². The molecule has 1 aromatic rings. The van der Waals surface area contributed by atoms with E-state index in [1.807, 2.05) is 11.3 Å². The normalized spacial score (nSPS) is 20.4. The highest BCUT2D eigenvalue weighted by atomic mass is 32.1. The second-order valence-electron chi connectivity index (χ2n) is 6.09. The van der Waals surface area contributed by atoms with Crippen LogP contribution in [0.3, 0.4) is 0 Å². The molecule has 3 heteroatoms. The van der Waals surface area contributed by atoms with E-state index in [0.717, 1.165) is 25.8 Å². The Morgan fingerprint density at radius 3 is 2.74 bits per heavy atom. The van der Waals surface area contributed by atoms with Crippen LogP contribution in [0.15, 0.2) is 17.5 Å². The highest BCUT2D eigenvalue weighted by Crippen LogP contribution is 2.35. The molecule has 19 heavy (non-hydrogen) atoms. The largest absolute Gasteiger partial charge is 0.303 e. The lowest BCUT2D eigenvalue weighted by Gasteiger charge is -2.37. The number of carbonyl (C=O) groups is 1. The Kier molecular flexibility index (Phi) is 5.17. The minimum Gasteiger partial charge on any atom is -0.303 e. The predicted octanol–water partition coefficient (Wildman–Crippen LogP) is 3.76. The molecular weight excluding hydrogens is 254 g/mol. The molecule has 1 aromatic heterocycles. The number of likely N-dealkylation sites (N-methyl/N-ethyl adjacent to an activating group) is 1. The van der Waals surface area contributed by atoms with E-state index in [1.54, 1.807) is 0 Å². The molecule has 1 heterocycles. The van der Waals surface area contributed by atoms with Crippen LogP contribution in [0.2, 0.25) is 0 Å². The molecule has 106 valence electrons. The first-order valence-corrected chi connectivity index (χ1v) is 8.22. The predicted molar refractivity (Wildman–Crippen MR) is 81.7 cm³/mol. The van der Waals surface area contributed by atoms with Gasteiger partial charge in [0.05, 0.1) is 0 Å². The molecule has 1 atom stereocenters. The summed E-state index contributed by atoms with van der Waals surface area (Å²) < 4.78 is 0. The molecule has 0 bridgehead atoms. The van der Waals surface area contributed by atoms with E-state index >= 15 is 0 Å². The first-order valence-electron chi connectivity index (χ1n) is 7.34. The van der Waals surface area contributed by atoms with Crippen molar-refractivity contribution in [2.24, 2.45) is 5.41 Å². The highest BCUT2D eigenvalue weighted by Gasteiger charge is 2.33. The Hall–Kier alpha value is -0.670. The van der Waals surface area contributed by atoms with E-state index in [2.05, 4.69) is 36.4 Å². The van der Waals surface area contributed by atoms with Gasteiger partial charge in [-0.2, -0.15) is 0 Å². The van der Waals surface area contributed by atoms with Gasteiger partial charge in [0.25, 0.3) is 0 Å². The lowest BCUT2D eigenvalue weighted by atomic mass is 9.74. The van der Waals surface area contributed by atoms with Crippen molar-refractivity contribution in [1.82, 2.24) is 4.90 Å². The van der Waals surface area contributed by atoms with Crippen molar-refractivity contribution in [2.75, 3.05) is 13.6 Å². The van der Waals surface area contributed by atoms with Gasteiger partial charge in [0.2, 0.25) is 0 Å². The second kappa shape index (κ2) is 6.67. The Bertz CT molecular complexity index is 381. The average Bonchev–Trinajstić information content (AvgIpc) is 2.92.